The first-order valence-corrected chi connectivity index (χ1v) is 11.5. The van der Waals surface area contributed by atoms with Crippen LogP contribution in [0, 0.1) is 0 Å². The molecule has 1 fully saturated rings. The zero-order chi connectivity index (χ0) is 20.1. The Morgan fingerprint density at radius 1 is 1.29 bits per heavy atom. The summed E-state index contributed by atoms with van der Waals surface area (Å²) in [6.07, 6.45) is 3.34. The second-order valence-electron chi connectivity index (χ2n) is 8.13. The van der Waals surface area contributed by atoms with E-state index in [9.17, 15) is 8.42 Å². The van der Waals surface area contributed by atoms with E-state index in [1.165, 1.54) is 11.8 Å². The van der Waals surface area contributed by atoms with E-state index in [1.807, 2.05) is 6.07 Å². The number of aliphatic imine (C=N–C) groups is 1. The van der Waals surface area contributed by atoms with Gasteiger partial charge >= 0.3 is 0 Å². The maximum atomic E-state index is 11.9. The first-order chi connectivity index (χ1) is 12.6. The highest BCUT2D eigenvalue weighted by Gasteiger charge is 2.31. The van der Waals surface area contributed by atoms with Crippen molar-refractivity contribution in [1.29, 1.82) is 0 Å². The van der Waals surface area contributed by atoms with Crippen molar-refractivity contribution in [2.24, 2.45) is 4.99 Å². The van der Waals surface area contributed by atoms with Gasteiger partial charge in [-0.15, -0.1) is 24.0 Å². The molecule has 6 nitrogen and oxygen atoms in total. The van der Waals surface area contributed by atoms with Crippen molar-refractivity contribution in [1.82, 2.24) is 15.5 Å². The van der Waals surface area contributed by atoms with Gasteiger partial charge in [-0.05, 0) is 39.2 Å². The molecular formula is C20H35IN4O2S. The van der Waals surface area contributed by atoms with Gasteiger partial charge in [0.1, 0.15) is 0 Å². The van der Waals surface area contributed by atoms with E-state index >= 15 is 0 Å². The first kappa shape index (κ1) is 25.2. The second-order valence-corrected chi connectivity index (χ2v) is 10.8. The lowest BCUT2D eigenvalue weighted by Crippen LogP contribution is -2.53. The molecule has 1 aromatic rings. The number of nitrogens with zero attached hydrogens (tertiary/aromatic N) is 2. The number of likely N-dealkylation sites (tertiary alicyclic amines) is 1. The van der Waals surface area contributed by atoms with E-state index in [-0.39, 0.29) is 24.0 Å². The zero-order valence-electron chi connectivity index (χ0n) is 17.6. The minimum atomic E-state index is -3.14. The molecule has 0 aromatic heterocycles. The Bertz CT molecular complexity index is 738. The van der Waals surface area contributed by atoms with Crippen LogP contribution in [0.4, 0.5) is 0 Å². The summed E-state index contributed by atoms with van der Waals surface area (Å²) in [5.41, 5.74) is 1.34. The molecule has 0 saturated carbocycles. The van der Waals surface area contributed by atoms with Crippen LogP contribution in [-0.2, 0) is 16.4 Å². The fourth-order valence-electron chi connectivity index (χ4n) is 3.22. The number of piperidine rings is 1. The number of guanidine groups is 1. The van der Waals surface area contributed by atoms with Gasteiger partial charge in [0.25, 0.3) is 0 Å². The van der Waals surface area contributed by atoms with Crippen molar-refractivity contribution in [2.75, 3.05) is 26.4 Å². The lowest BCUT2D eigenvalue weighted by atomic mass is 9.97. The van der Waals surface area contributed by atoms with E-state index in [4.69, 9.17) is 0 Å². The van der Waals surface area contributed by atoms with Crippen LogP contribution in [0.1, 0.15) is 39.2 Å². The number of sulfone groups is 1. The third-order valence-corrected chi connectivity index (χ3v) is 7.64. The standard InChI is InChI=1S/C20H34N4O2S.HI/c1-16-13-18(11-12-24(16)14-17-9-7-6-8-10-17)23-19(21-4)22-15-20(2,3)27(5,25)26;/h6-10,16,18H,11-15H2,1-5H3,(H2,21,22,23);1H. The largest absolute Gasteiger partial charge is 0.355 e. The van der Waals surface area contributed by atoms with Crippen LogP contribution in [0.2, 0.25) is 0 Å². The molecule has 0 bridgehead atoms. The van der Waals surface area contributed by atoms with E-state index in [2.05, 4.69) is 51.7 Å². The van der Waals surface area contributed by atoms with Crippen LogP contribution in [0.15, 0.2) is 35.3 Å². The molecule has 1 aromatic carbocycles. The molecule has 0 amide bonds. The van der Waals surface area contributed by atoms with E-state index in [0.717, 1.165) is 25.9 Å². The van der Waals surface area contributed by atoms with Gasteiger partial charge < -0.3 is 10.6 Å². The molecule has 2 N–H and O–H groups in total. The summed E-state index contributed by atoms with van der Waals surface area (Å²) in [5.74, 6) is 0.667. The van der Waals surface area contributed by atoms with Gasteiger partial charge in [0.15, 0.2) is 15.8 Å². The highest BCUT2D eigenvalue weighted by molar-refractivity contribution is 14.0. The Morgan fingerprint density at radius 2 is 1.93 bits per heavy atom. The minimum absolute atomic E-state index is 0. The third kappa shape index (κ3) is 7.18. The van der Waals surface area contributed by atoms with E-state index in [0.29, 0.717) is 24.6 Å². The van der Waals surface area contributed by atoms with E-state index < -0.39 is 14.6 Å². The Labute approximate surface area is 187 Å². The molecule has 2 rings (SSSR count). The quantitative estimate of drug-likeness (QED) is 0.342. The maximum absolute atomic E-state index is 11.9. The number of hydrogen-bond donors (Lipinski definition) is 2. The number of hydrogen-bond acceptors (Lipinski definition) is 4. The summed E-state index contributed by atoms with van der Waals surface area (Å²) in [6.45, 7) is 8.05. The van der Waals surface area contributed by atoms with Crippen LogP contribution in [0.5, 0.6) is 0 Å². The highest BCUT2D eigenvalue weighted by atomic mass is 127. The third-order valence-electron chi connectivity index (χ3n) is 5.49. The normalized spacial score (nSPS) is 21.7. The first-order valence-electron chi connectivity index (χ1n) is 9.57. The van der Waals surface area contributed by atoms with Crippen molar-refractivity contribution in [3.63, 3.8) is 0 Å². The van der Waals surface area contributed by atoms with Crippen molar-refractivity contribution < 1.29 is 8.42 Å². The Kier molecular flexibility index (Phi) is 9.69. The van der Waals surface area contributed by atoms with Crippen LogP contribution < -0.4 is 10.6 Å². The molecule has 1 saturated heterocycles. The summed E-state index contributed by atoms with van der Waals surface area (Å²) in [6, 6.07) is 11.4. The number of benzene rings is 1. The van der Waals surface area contributed by atoms with Crippen LogP contribution in [-0.4, -0.2) is 62.5 Å². The summed E-state index contributed by atoms with van der Waals surface area (Å²) < 4.78 is 22.9. The van der Waals surface area contributed by atoms with Gasteiger partial charge in [-0.3, -0.25) is 9.89 Å². The molecular weight excluding hydrogens is 487 g/mol. The van der Waals surface area contributed by atoms with Crippen molar-refractivity contribution in [3.8, 4) is 0 Å². The summed E-state index contributed by atoms with van der Waals surface area (Å²) in [5, 5.41) is 6.64. The van der Waals surface area contributed by atoms with Crippen molar-refractivity contribution >= 4 is 39.8 Å². The van der Waals surface area contributed by atoms with Crippen molar-refractivity contribution in [3.05, 3.63) is 35.9 Å². The van der Waals surface area contributed by atoms with Gasteiger partial charge in [0.05, 0.1) is 4.75 Å². The van der Waals surface area contributed by atoms with Crippen LogP contribution in [0.3, 0.4) is 0 Å². The number of rotatable bonds is 6. The van der Waals surface area contributed by atoms with Gasteiger partial charge in [-0.1, -0.05) is 30.3 Å². The molecule has 0 aliphatic carbocycles. The highest BCUT2D eigenvalue weighted by Crippen LogP contribution is 2.20. The Hall–Kier alpha value is -0.870. The molecule has 2 atom stereocenters. The molecule has 2 unspecified atom stereocenters. The molecule has 1 aliphatic rings. The van der Waals surface area contributed by atoms with Gasteiger partial charge in [-0.25, -0.2) is 8.42 Å². The summed E-state index contributed by atoms with van der Waals surface area (Å²) in [4.78, 5) is 6.78. The second kappa shape index (κ2) is 10.8. The summed E-state index contributed by atoms with van der Waals surface area (Å²) >= 11 is 0. The molecule has 1 aliphatic heterocycles. The molecule has 0 radical (unpaired) electrons. The SMILES string of the molecule is CN=C(NCC(C)(C)S(C)(=O)=O)NC1CCN(Cc2ccccc2)C(C)C1.I. The summed E-state index contributed by atoms with van der Waals surface area (Å²) in [7, 11) is -1.42. The Balaban J connectivity index is 0.00000392. The van der Waals surface area contributed by atoms with Gasteiger partial charge in [-0.2, -0.15) is 0 Å². The zero-order valence-corrected chi connectivity index (χ0v) is 20.8. The minimum Gasteiger partial charge on any atom is -0.355 e. The lowest BCUT2D eigenvalue weighted by molar-refractivity contribution is 0.134. The molecule has 0 spiro atoms. The molecule has 28 heavy (non-hydrogen) atoms. The van der Waals surface area contributed by atoms with E-state index in [1.54, 1.807) is 20.9 Å². The van der Waals surface area contributed by atoms with Crippen LogP contribution >= 0.6 is 24.0 Å². The van der Waals surface area contributed by atoms with Crippen LogP contribution in [0.25, 0.3) is 0 Å². The van der Waals surface area contributed by atoms with Gasteiger partial charge in [0.2, 0.25) is 0 Å². The fourth-order valence-corrected chi connectivity index (χ4v) is 3.55. The Morgan fingerprint density at radius 3 is 2.46 bits per heavy atom. The van der Waals surface area contributed by atoms with Gasteiger partial charge in [0, 0.05) is 45.0 Å². The maximum Gasteiger partial charge on any atom is 0.191 e. The average molecular weight is 522 g/mol. The lowest BCUT2D eigenvalue weighted by Gasteiger charge is -2.38. The number of nitrogens with one attached hydrogen (secondary N) is 2. The number of halogens is 1. The molecule has 8 heteroatoms. The molecule has 1 heterocycles. The fraction of sp³-hybridized carbons (Fsp3) is 0.650. The smallest absolute Gasteiger partial charge is 0.191 e. The van der Waals surface area contributed by atoms with Crippen molar-refractivity contribution in [2.45, 2.75) is 57.0 Å². The monoisotopic (exact) mass is 522 g/mol. The predicted octanol–water partition coefficient (Wildman–Crippen LogP) is 2.65. The predicted molar refractivity (Wildman–Crippen MR) is 128 cm³/mol. The average Bonchev–Trinajstić information content (AvgIpc) is 2.60. The topological polar surface area (TPSA) is 73.8 Å². The molecule has 160 valence electrons.